The van der Waals surface area contributed by atoms with E-state index in [0.29, 0.717) is 12.8 Å². The fourth-order valence-electron chi connectivity index (χ4n) is 4.01. The quantitative estimate of drug-likeness (QED) is 0.867. The van der Waals surface area contributed by atoms with Crippen LogP contribution in [0.3, 0.4) is 0 Å². The van der Waals surface area contributed by atoms with Crippen molar-refractivity contribution in [3.63, 3.8) is 0 Å². The molecular formula is C17H19F2NO3. The maximum atomic E-state index is 13.7. The predicted molar refractivity (Wildman–Crippen MR) is 78.4 cm³/mol. The monoisotopic (exact) mass is 323 g/mol. The number of carbonyl (C=O) groups is 2. The first-order chi connectivity index (χ1) is 10.8. The molecule has 1 N–H and O–H groups in total. The van der Waals surface area contributed by atoms with Gasteiger partial charge in [-0.15, -0.1) is 0 Å². The number of hydrogen-bond donors (Lipinski definition) is 1. The highest BCUT2D eigenvalue weighted by Crippen LogP contribution is 2.65. The molecule has 1 aromatic rings. The van der Waals surface area contributed by atoms with Crippen molar-refractivity contribution in [2.24, 2.45) is 10.8 Å². The second kappa shape index (κ2) is 5.28. The highest BCUT2D eigenvalue weighted by molar-refractivity contribution is 6.03. The van der Waals surface area contributed by atoms with Crippen LogP contribution < -0.4 is 0 Å². The summed E-state index contributed by atoms with van der Waals surface area (Å²) in [4.78, 5) is 25.5. The van der Waals surface area contributed by atoms with E-state index in [0.717, 1.165) is 37.5 Å². The van der Waals surface area contributed by atoms with Crippen molar-refractivity contribution in [3.8, 4) is 0 Å². The van der Waals surface area contributed by atoms with Gasteiger partial charge in [-0.1, -0.05) is 6.42 Å². The SMILES string of the molecule is CN(Cc1cc(F)ccc1F)C(=O)C1(C(=O)O)CC2(CCC2)C1. The number of rotatable bonds is 4. The molecule has 124 valence electrons. The molecule has 23 heavy (non-hydrogen) atoms. The van der Waals surface area contributed by atoms with E-state index in [-0.39, 0.29) is 17.5 Å². The van der Waals surface area contributed by atoms with Crippen molar-refractivity contribution in [2.75, 3.05) is 7.05 Å². The summed E-state index contributed by atoms with van der Waals surface area (Å²) in [7, 11) is 1.43. The van der Waals surface area contributed by atoms with Crippen molar-refractivity contribution in [1.29, 1.82) is 0 Å². The maximum Gasteiger partial charge on any atom is 0.319 e. The van der Waals surface area contributed by atoms with E-state index < -0.39 is 28.9 Å². The predicted octanol–water partition coefficient (Wildman–Crippen LogP) is 2.96. The molecule has 1 amide bonds. The third-order valence-electron chi connectivity index (χ3n) is 5.35. The first-order valence-electron chi connectivity index (χ1n) is 7.71. The van der Waals surface area contributed by atoms with Crippen LogP contribution in [0.15, 0.2) is 18.2 Å². The van der Waals surface area contributed by atoms with Crippen LogP contribution in [0.4, 0.5) is 8.78 Å². The number of aliphatic carboxylic acids is 1. The molecule has 0 heterocycles. The Morgan fingerprint density at radius 1 is 1.26 bits per heavy atom. The zero-order valence-corrected chi connectivity index (χ0v) is 12.9. The van der Waals surface area contributed by atoms with Crippen molar-refractivity contribution in [1.82, 2.24) is 4.90 Å². The summed E-state index contributed by atoms with van der Waals surface area (Å²) in [6.45, 7) is -0.148. The molecule has 2 fully saturated rings. The Hall–Kier alpha value is -1.98. The number of benzene rings is 1. The van der Waals surface area contributed by atoms with E-state index >= 15 is 0 Å². The molecule has 0 bridgehead atoms. The van der Waals surface area contributed by atoms with Crippen LogP contribution >= 0.6 is 0 Å². The number of carboxylic acid groups (broad SMARTS) is 1. The Morgan fingerprint density at radius 3 is 2.43 bits per heavy atom. The second-order valence-corrected chi connectivity index (χ2v) is 6.99. The van der Waals surface area contributed by atoms with Crippen LogP contribution in [0, 0.1) is 22.5 Å². The van der Waals surface area contributed by atoms with E-state index in [1.165, 1.54) is 11.9 Å². The van der Waals surface area contributed by atoms with Gasteiger partial charge in [0.05, 0.1) is 0 Å². The van der Waals surface area contributed by atoms with Gasteiger partial charge in [0.25, 0.3) is 0 Å². The summed E-state index contributed by atoms with van der Waals surface area (Å²) in [6.07, 6.45) is 3.72. The van der Waals surface area contributed by atoms with Crippen LogP contribution in [-0.2, 0) is 16.1 Å². The first kappa shape index (κ1) is 15.9. The van der Waals surface area contributed by atoms with Gasteiger partial charge in [0.15, 0.2) is 0 Å². The molecule has 0 saturated heterocycles. The van der Waals surface area contributed by atoms with Gasteiger partial charge in [-0.05, 0) is 49.3 Å². The Bertz CT molecular complexity index is 662. The van der Waals surface area contributed by atoms with Gasteiger partial charge in [0.2, 0.25) is 5.91 Å². The van der Waals surface area contributed by atoms with E-state index in [4.69, 9.17) is 0 Å². The summed E-state index contributed by atoms with van der Waals surface area (Å²) in [5.41, 5.74) is -1.35. The first-order valence-corrected chi connectivity index (χ1v) is 7.71. The highest BCUT2D eigenvalue weighted by atomic mass is 19.1. The van der Waals surface area contributed by atoms with Gasteiger partial charge in [0.1, 0.15) is 17.0 Å². The maximum absolute atomic E-state index is 13.7. The molecule has 0 radical (unpaired) electrons. The molecule has 0 atom stereocenters. The van der Waals surface area contributed by atoms with E-state index in [2.05, 4.69) is 0 Å². The van der Waals surface area contributed by atoms with Crippen LogP contribution in [-0.4, -0.2) is 28.9 Å². The van der Waals surface area contributed by atoms with Crippen LogP contribution in [0.1, 0.15) is 37.7 Å². The summed E-state index contributed by atoms with van der Waals surface area (Å²) in [5, 5.41) is 9.54. The fourth-order valence-corrected chi connectivity index (χ4v) is 4.01. The van der Waals surface area contributed by atoms with Crippen molar-refractivity contribution < 1.29 is 23.5 Å². The van der Waals surface area contributed by atoms with Crippen LogP contribution in [0.2, 0.25) is 0 Å². The minimum atomic E-state index is -1.40. The number of hydrogen-bond acceptors (Lipinski definition) is 2. The Labute approximate surface area is 133 Å². The Balaban J connectivity index is 1.75. The third kappa shape index (κ3) is 2.50. The Kier molecular flexibility index (Phi) is 3.65. The summed E-state index contributed by atoms with van der Waals surface area (Å²) < 4.78 is 26.9. The topological polar surface area (TPSA) is 57.6 Å². The lowest BCUT2D eigenvalue weighted by Crippen LogP contribution is -2.61. The standard InChI is InChI=1S/C17H19F2NO3/c1-20(8-11-7-12(18)3-4-13(11)19)14(21)17(15(22)23)9-16(10-17)5-2-6-16/h3-4,7H,2,5-6,8-10H2,1H3,(H,22,23). The molecule has 0 aliphatic heterocycles. The molecule has 2 saturated carbocycles. The summed E-state index contributed by atoms with van der Waals surface area (Å²) in [6, 6.07) is 3.04. The average molecular weight is 323 g/mol. The molecule has 0 unspecified atom stereocenters. The van der Waals surface area contributed by atoms with E-state index in [9.17, 15) is 23.5 Å². The zero-order chi connectivity index (χ0) is 16.8. The Morgan fingerprint density at radius 2 is 1.91 bits per heavy atom. The molecule has 4 nitrogen and oxygen atoms in total. The molecule has 1 spiro atoms. The zero-order valence-electron chi connectivity index (χ0n) is 12.9. The number of halogens is 2. The molecule has 6 heteroatoms. The lowest BCUT2D eigenvalue weighted by Gasteiger charge is -2.58. The van der Waals surface area contributed by atoms with E-state index in [1.54, 1.807) is 0 Å². The minimum absolute atomic E-state index is 0.0129. The number of nitrogens with zero attached hydrogens (tertiary/aromatic N) is 1. The fraction of sp³-hybridized carbons (Fsp3) is 0.529. The van der Waals surface area contributed by atoms with Gasteiger partial charge < -0.3 is 10.0 Å². The highest BCUT2D eigenvalue weighted by Gasteiger charge is 2.65. The van der Waals surface area contributed by atoms with Gasteiger partial charge >= 0.3 is 5.97 Å². The number of amides is 1. The van der Waals surface area contributed by atoms with Gasteiger partial charge in [-0.2, -0.15) is 0 Å². The minimum Gasteiger partial charge on any atom is -0.480 e. The van der Waals surface area contributed by atoms with E-state index in [1.807, 2.05) is 0 Å². The van der Waals surface area contributed by atoms with Gasteiger partial charge in [-0.3, -0.25) is 9.59 Å². The largest absolute Gasteiger partial charge is 0.480 e. The number of carboxylic acids is 1. The molecular weight excluding hydrogens is 304 g/mol. The second-order valence-electron chi connectivity index (χ2n) is 6.99. The van der Waals surface area contributed by atoms with Crippen LogP contribution in [0.5, 0.6) is 0 Å². The summed E-state index contributed by atoms with van der Waals surface area (Å²) >= 11 is 0. The van der Waals surface area contributed by atoms with Crippen LogP contribution in [0.25, 0.3) is 0 Å². The van der Waals surface area contributed by atoms with Crippen molar-refractivity contribution in [3.05, 3.63) is 35.4 Å². The van der Waals surface area contributed by atoms with Crippen molar-refractivity contribution >= 4 is 11.9 Å². The molecule has 0 aromatic heterocycles. The number of carbonyl (C=O) groups excluding carboxylic acids is 1. The summed E-state index contributed by atoms with van der Waals surface area (Å²) in [5.74, 6) is -2.84. The molecule has 2 aliphatic rings. The van der Waals surface area contributed by atoms with Gasteiger partial charge in [-0.25, -0.2) is 8.78 Å². The average Bonchev–Trinajstić information content (AvgIpc) is 2.39. The van der Waals surface area contributed by atoms with Crippen molar-refractivity contribution in [2.45, 2.75) is 38.6 Å². The normalized spacial score (nSPS) is 20.5. The van der Waals surface area contributed by atoms with Gasteiger partial charge in [0, 0.05) is 19.2 Å². The lowest BCUT2D eigenvalue weighted by molar-refractivity contribution is -0.186. The molecule has 1 aromatic carbocycles. The third-order valence-corrected chi connectivity index (χ3v) is 5.35. The lowest BCUT2D eigenvalue weighted by atomic mass is 9.45. The smallest absolute Gasteiger partial charge is 0.319 e. The molecule has 2 aliphatic carbocycles. The molecule has 3 rings (SSSR count).